The van der Waals surface area contributed by atoms with E-state index in [1.807, 2.05) is 0 Å². The number of carbonyl (C=O) groups is 3. The van der Waals surface area contributed by atoms with Gasteiger partial charge in [-0.2, -0.15) is 13.2 Å². The summed E-state index contributed by atoms with van der Waals surface area (Å²) >= 11 is 0. The van der Waals surface area contributed by atoms with Crippen molar-refractivity contribution >= 4 is 23.7 Å². The van der Waals surface area contributed by atoms with Crippen LogP contribution in [0.1, 0.15) is 48.3 Å². The average molecular weight is 483 g/mol. The summed E-state index contributed by atoms with van der Waals surface area (Å²) in [6, 6.07) is 10.8. The summed E-state index contributed by atoms with van der Waals surface area (Å²) in [6.45, 7) is -0.0987. The fourth-order valence-corrected chi connectivity index (χ4v) is 4.00. The molecule has 0 fully saturated rings. The molecule has 0 spiro atoms. The lowest BCUT2D eigenvalue weighted by molar-refractivity contribution is -0.147. The lowest BCUT2D eigenvalue weighted by atomic mass is 10.0. The van der Waals surface area contributed by atoms with Crippen LogP contribution in [0.5, 0.6) is 5.75 Å². The molecule has 2 aliphatic rings. The average Bonchev–Trinajstić information content (AvgIpc) is 3.40. The van der Waals surface area contributed by atoms with Crippen molar-refractivity contribution in [2.24, 2.45) is 5.73 Å². The van der Waals surface area contributed by atoms with Gasteiger partial charge in [0.1, 0.15) is 0 Å². The van der Waals surface area contributed by atoms with Crippen LogP contribution in [0.2, 0.25) is 0 Å². The summed E-state index contributed by atoms with van der Waals surface area (Å²) in [5.41, 5.74) is 6.54. The molecule has 0 atom stereocenters. The molecule has 2 aliphatic heterocycles. The Morgan fingerprint density at radius 1 is 1.06 bits per heavy atom. The van der Waals surface area contributed by atoms with E-state index in [-0.39, 0.29) is 54.0 Å². The van der Waals surface area contributed by atoms with Crippen LogP contribution >= 0.6 is 0 Å². The van der Waals surface area contributed by atoms with Gasteiger partial charge < -0.3 is 19.9 Å². The monoisotopic (exact) mass is 483 g/mol. The van der Waals surface area contributed by atoms with E-state index in [9.17, 15) is 27.6 Å². The van der Waals surface area contributed by atoms with Crippen LogP contribution < -0.4 is 10.5 Å². The Morgan fingerprint density at radius 2 is 1.80 bits per heavy atom. The number of amides is 2. The summed E-state index contributed by atoms with van der Waals surface area (Å²) in [5, 5.41) is 6.79. The maximum atomic E-state index is 13.0. The normalized spacial score (nSPS) is 16.1. The molecule has 2 aromatic carbocycles. The summed E-state index contributed by atoms with van der Waals surface area (Å²) in [6.07, 6.45) is -3.14. The number of nitrogens with zero attached hydrogens (tertiary/aromatic N) is 4. The highest BCUT2D eigenvalue weighted by molar-refractivity contribution is 6.16. The lowest BCUT2D eigenvalue weighted by Gasteiger charge is -2.28. The molecule has 0 radical (unpaired) electrons. The van der Waals surface area contributed by atoms with Crippen molar-refractivity contribution in [3.8, 4) is 5.75 Å². The van der Waals surface area contributed by atoms with Crippen LogP contribution in [0.15, 0.2) is 48.2 Å². The lowest BCUT2D eigenvalue weighted by Crippen LogP contribution is -2.39. The van der Waals surface area contributed by atoms with Crippen LogP contribution in [0, 0.1) is 0 Å². The highest BCUT2D eigenvalue weighted by Crippen LogP contribution is 2.35. The number of nitrogens with two attached hydrogens (primary N) is 1. The molecule has 0 unspecified atom stereocenters. The molecule has 12 heteroatoms. The Balaban J connectivity index is 1.32. The zero-order valence-electron chi connectivity index (χ0n) is 17.9. The third-order valence-electron chi connectivity index (χ3n) is 5.71. The Hall–Kier alpha value is -4.48. The van der Waals surface area contributed by atoms with Gasteiger partial charge in [0.25, 0.3) is 11.8 Å². The highest BCUT2D eigenvalue weighted by Gasteiger charge is 2.40. The van der Waals surface area contributed by atoms with Crippen molar-refractivity contribution in [2.45, 2.75) is 19.3 Å². The molecule has 5 rings (SSSR count). The first kappa shape index (κ1) is 22.3. The maximum absolute atomic E-state index is 13.0. The molecule has 2 amide bonds. The number of para-hydroxylation sites is 1. The van der Waals surface area contributed by atoms with Gasteiger partial charge in [0.05, 0.1) is 17.7 Å². The highest BCUT2D eigenvalue weighted by atomic mass is 19.4. The number of hydrogen-bond donors (Lipinski definition) is 1. The number of rotatable bonds is 3. The van der Waals surface area contributed by atoms with Crippen molar-refractivity contribution in [3.05, 3.63) is 82.1 Å². The number of ketones is 1. The Labute approximate surface area is 195 Å². The SMILES string of the molecule is NC(=O)c1cccc2c1O/C(=C\c1ccc(C(=O)N3CCn4c(nnc4C(F)(F)F)C3)cc1)C2=O. The number of hydrogen-bond acceptors (Lipinski definition) is 6. The molecule has 0 aliphatic carbocycles. The number of ether oxygens (including phenoxy) is 1. The molecule has 1 aromatic heterocycles. The minimum atomic E-state index is -4.62. The zero-order chi connectivity index (χ0) is 24.9. The molecule has 0 saturated heterocycles. The minimum Gasteiger partial charge on any atom is -0.452 e. The fourth-order valence-electron chi connectivity index (χ4n) is 4.00. The molecular weight excluding hydrogens is 467 g/mol. The van der Waals surface area contributed by atoms with Crippen LogP contribution in [0.4, 0.5) is 13.2 Å². The number of allylic oxidation sites excluding steroid dienone is 1. The second-order valence-corrected chi connectivity index (χ2v) is 7.92. The fraction of sp³-hybridized carbons (Fsp3) is 0.174. The molecule has 3 heterocycles. The van der Waals surface area contributed by atoms with E-state index in [1.54, 1.807) is 12.1 Å². The van der Waals surface area contributed by atoms with Gasteiger partial charge in [0, 0.05) is 18.7 Å². The predicted molar refractivity (Wildman–Crippen MR) is 114 cm³/mol. The van der Waals surface area contributed by atoms with E-state index < -0.39 is 23.7 Å². The summed E-state index contributed by atoms with van der Waals surface area (Å²) in [5.74, 6) is -2.41. The maximum Gasteiger partial charge on any atom is 0.451 e. The van der Waals surface area contributed by atoms with Crippen molar-refractivity contribution in [3.63, 3.8) is 0 Å². The van der Waals surface area contributed by atoms with E-state index in [0.717, 1.165) is 4.57 Å². The van der Waals surface area contributed by atoms with Crippen molar-refractivity contribution in [1.29, 1.82) is 0 Å². The Morgan fingerprint density at radius 3 is 2.49 bits per heavy atom. The van der Waals surface area contributed by atoms with E-state index in [0.29, 0.717) is 11.1 Å². The van der Waals surface area contributed by atoms with Crippen molar-refractivity contribution < 1.29 is 32.3 Å². The largest absolute Gasteiger partial charge is 0.452 e. The van der Waals surface area contributed by atoms with E-state index in [1.165, 1.54) is 41.3 Å². The standard InChI is InChI=1S/C23H16F3N5O4/c24-23(25,26)22-29-28-17-11-30(8-9-31(17)22)21(34)13-6-4-12(5-7-13)10-16-18(32)14-2-1-3-15(20(27)33)19(14)35-16/h1-7,10H,8-9,11H2,(H2,27,33)/b16-10-. The van der Waals surface area contributed by atoms with Crippen LogP contribution in [-0.4, -0.2) is 43.8 Å². The third-order valence-corrected chi connectivity index (χ3v) is 5.71. The van der Waals surface area contributed by atoms with Crippen molar-refractivity contribution in [1.82, 2.24) is 19.7 Å². The Kier molecular flexibility index (Phi) is 5.15. The van der Waals surface area contributed by atoms with E-state index in [2.05, 4.69) is 10.2 Å². The molecule has 0 bridgehead atoms. The van der Waals surface area contributed by atoms with Crippen LogP contribution in [-0.2, 0) is 19.3 Å². The topological polar surface area (TPSA) is 120 Å². The third kappa shape index (κ3) is 3.92. The number of fused-ring (bicyclic) bond motifs is 2. The minimum absolute atomic E-state index is 0.00334. The number of halogens is 3. The van der Waals surface area contributed by atoms with Gasteiger partial charge >= 0.3 is 6.18 Å². The van der Waals surface area contributed by atoms with Gasteiger partial charge in [-0.1, -0.05) is 18.2 Å². The first-order chi connectivity index (χ1) is 16.6. The molecule has 35 heavy (non-hydrogen) atoms. The van der Waals surface area contributed by atoms with Crippen LogP contribution in [0.25, 0.3) is 6.08 Å². The van der Waals surface area contributed by atoms with Gasteiger partial charge in [-0.15, -0.1) is 10.2 Å². The Bertz CT molecular complexity index is 1410. The number of Topliss-reactive ketones (excluding diaryl/α,β-unsaturated/α-hetero) is 1. The second kappa shape index (κ2) is 8.08. The van der Waals surface area contributed by atoms with Gasteiger partial charge in [0.15, 0.2) is 17.3 Å². The van der Waals surface area contributed by atoms with E-state index in [4.69, 9.17) is 10.5 Å². The molecule has 3 aromatic rings. The van der Waals surface area contributed by atoms with E-state index >= 15 is 0 Å². The summed E-state index contributed by atoms with van der Waals surface area (Å²) in [4.78, 5) is 38.5. The number of carbonyl (C=O) groups excluding carboxylic acids is 3. The first-order valence-electron chi connectivity index (χ1n) is 10.4. The van der Waals surface area contributed by atoms with Gasteiger partial charge in [-0.3, -0.25) is 14.4 Å². The predicted octanol–water partition coefficient (Wildman–Crippen LogP) is 2.67. The zero-order valence-corrected chi connectivity index (χ0v) is 17.9. The number of alkyl halides is 3. The molecule has 0 saturated carbocycles. The van der Waals surface area contributed by atoms with Gasteiger partial charge in [-0.25, -0.2) is 0 Å². The van der Waals surface area contributed by atoms with Crippen molar-refractivity contribution in [2.75, 3.05) is 6.54 Å². The number of aromatic nitrogens is 3. The van der Waals surface area contributed by atoms with Crippen LogP contribution in [0.3, 0.4) is 0 Å². The quantitative estimate of drug-likeness (QED) is 0.572. The molecule has 2 N–H and O–H groups in total. The van der Waals surface area contributed by atoms with Gasteiger partial charge in [0.2, 0.25) is 11.6 Å². The molecule has 9 nitrogen and oxygen atoms in total. The smallest absolute Gasteiger partial charge is 0.451 e. The number of primary amides is 1. The first-order valence-corrected chi connectivity index (χ1v) is 10.4. The summed E-state index contributed by atoms with van der Waals surface area (Å²) in [7, 11) is 0. The molecule has 178 valence electrons. The molecular formula is C23H16F3N5O4. The second-order valence-electron chi connectivity index (χ2n) is 7.92. The van der Waals surface area contributed by atoms with Gasteiger partial charge in [-0.05, 0) is 35.9 Å². The number of benzene rings is 2. The summed E-state index contributed by atoms with van der Waals surface area (Å²) < 4.78 is 45.6.